The van der Waals surface area contributed by atoms with Crippen LogP contribution in [0.1, 0.15) is 30.1 Å². The van der Waals surface area contributed by atoms with Crippen LogP contribution in [0.2, 0.25) is 0 Å². The molecule has 0 aliphatic carbocycles. The molecule has 1 atom stereocenters. The molecule has 1 aromatic rings. The van der Waals surface area contributed by atoms with E-state index in [9.17, 15) is 9.59 Å². The molecule has 110 valence electrons. The summed E-state index contributed by atoms with van der Waals surface area (Å²) in [7, 11) is 1.66. The van der Waals surface area contributed by atoms with Crippen LogP contribution >= 0.6 is 0 Å². The summed E-state index contributed by atoms with van der Waals surface area (Å²) >= 11 is 0. The number of hydrogen-bond donors (Lipinski definition) is 0. The van der Waals surface area contributed by atoms with Crippen LogP contribution in [0.5, 0.6) is 5.75 Å². The fourth-order valence-electron chi connectivity index (χ4n) is 2.18. The molecule has 1 aliphatic heterocycles. The van der Waals surface area contributed by atoms with Crippen LogP contribution in [0.4, 0.5) is 5.69 Å². The molecule has 21 heavy (non-hydrogen) atoms. The molecule has 0 aromatic heterocycles. The van der Waals surface area contributed by atoms with Crippen LogP contribution in [-0.4, -0.2) is 31.4 Å². The zero-order valence-corrected chi connectivity index (χ0v) is 11.9. The number of carbonyl (C=O) groups is 2. The van der Waals surface area contributed by atoms with E-state index in [4.69, 9.17) is 10.3 Å². The van der Waals surface area contributed by atoms with Crippen LogP contribution in [0.3, 0.4) is 0 Å². The zero-order valence-electron chi connectivity index (χ0n) is 11.9. The van der Waals surface area contributed by atoms with Gasteiger partial charge < -0.3 is 9.64 Å². The van der Waals surface area contributed by atoms with Gasteiger partial charge >= 0.3 is 0 Å². The van der Waals surface area contributed by atoms with Gasteiger partial charge in [-0.2, -0.15) is 0 Å². The maximum atomic E-state index is 12.1. The Bertz CT molecular complexity index is 623. The first-order chi connectivity index (χ1) is 10.0. The summed E-state index contributed by atoms with van der Waals surface area (Å²) in [5, 5.41) is 3.39. The predicted molar refractivity (Wildman–Crippen MR) is 77.5 cm³/mol. The van der Waals surface area contributed by atoms with Crippen LogP contribution in [0.25, 0.3) is 10.4 Å². The van der Waals surface area contributed by atoms with Gasteiger partial charge in [0.2, 0.25) is 0 Å². The number of benzene rings is 1. The number of carbonyl (C=O) groups excluding carboxylic acids is 2. The van der Waals surface area contributed by atoms with E-state index in [1.165, 1.54) is 4.90 Å². The Morgan fingerprint density at radius 3 is 3.00 bits per heavy atom. The van der Waals surface area contributed by atoms with Crippen LogP contribution < -0.4 is 9.64 Å². The van der Waals surface area contributed by atoms with Crippen molar-refractivity contribution in [1.29, 1.82) is 0 Å². The summed E-state index contributed by atoms with van der Waals surface area (Å²) in [5.41, 5.74) is 9.30. The maximum Gasteiger partial charge on any atom is 0.267 e. The Morgan fingerprint density at radius 1 is 1.52 bits per heavy atom. The minimum atomic E-state index is -0.520. The van der Waals surface area contributed by atoms with Gasteiger partial charge in [-0.15, -0.1) is 0 Å². The van der Waals surface area contributed by atoms with Crippen molar-refractivity contribution in [3.05, 3.63) is 34.2 Å². The van der Waals surface area contributed by atoms with Crippen LogP contribution in [0.15, 0.2) is 23.3 Å². The van der Waals surface area contributed by atoms with Gasteiger partial charge in [-0.25, -0.2) is 0 Å². The quantitative estimate of drug-likeness (QED) is 0.274. The first-order valence-electron chi connectivity index (χ1n) is 6.67. The van der Waals surface area contributed by atoms with Gasteiger partial charge in [0.05, 0.1) is 5.69 Å². The molecular weight excluding hydrogens is 272 g/mol. The second-order valence-electron chi connectivity index (χ2n) is 4.82. The second-order valence-corrected chi connectivity index (χ2v) is 4.82. The highest BCUT2D eigenvalue weighted by Crippen LogP contribution is 2.34. The fourth-order valence-corrected chi connectivity index (χ4v) is 2.18. The predicted octanol–water partition coefficient (Wildman–Crippen LogP) is 2.70. The van der Waals surface area contributed by atoms with E-state index in [1.54, 1.807) is 32.2 Å². The number of ether oxygens (including phenoxy) is 1. The summed E-state index contributed by atoms with van der Waals surface area (Å²) in [5.74, 6) is 0.399. The fraction of sp³-hybridized carbons (Fsp3) is 0.429. The lowest BCUT2D eigenvalue weighted by molar-refractivity contribution is -0.125. The molecule has 1 amide bonds. The van der Waals surface area contributed by atoms with Crippen molar-refractivity contribution >= 4 is 17.4 Å². The summed E-state index contributed by atoms with van der Waals surface area (Å²) in [6, 6.07) is 5.05. The van der Waals surface area contributed by atoms with E-state index in [-0.39, 0.29) is 11.7 Å². The molecular formula is C14H16N4O3. The van der Waals surface area contributed by atoms with Gasteiger partial charge in [-0.3, -0.25) is 9.59 Å². The zero-order chi connectivity index (χ0) is 15.4. The van der Waals surface area contributed by atoms with Crippen molar-refractivity contribution in [2.45, 2.75) is 25.9 Å². The average molecular weight is 288 g/mol. The van der Waals surface area contributed by atoms with Gasteiger partial charge in [0, 0.05) is 30.5 Å². The first kappa shape index (κ1) is 14.9. The molecule has 0 bridgehead atoms. The molecule has 1 unspecified atom stereocenters. The van der Waals surface area contributed by atoms with E-state index in [0.717, 1.165) is 0 Å². The van der Waals surface area contributed by atoms with Gasteiger partial charge in [-0.1, -0.05) is 5.11 Å². The number of nitrogens with zero attached hydrogens (tertiary/aromatic N) is 4. The number of amides is 1. The number of Topliss-reactive ketones (excluding diaryl/α,β-unsaturated/α-hetero) is 1. The van der Waals surface area contributed by atoms with Crippen LogP contribution in [-0.2, 0) is 4.79 Å². The third-order valence-electron chi connectivity index (χ3n) is 3.35. The molecule has 7 heteroatoms. The van der Waals surface area contributed by atoms with Crippen molar-refractivity contribution in [3.63, 3.8) is 0 Å². The third-order valence-corrected chi connectivity index (χ3v) is 3.35. The molecule has 0 saturated carbocycles. The lowest BCUT2D eigenvalue weighted by Gasteiger charge is -2.30. The number of rotatable bonds is 5. The summed E-state index contributed by atoms with van der Waals surface area (Å²) < 4.78 is 5.50. The monoisotopic (exact) mass is 288 g/mol. The van der Waals surface area contributed by atoms with Gasteiger partial charge in [0.1, 0.15) is 5.75 Å². The van der Waals surface area contributed by atoms with Gasteiger partial charge in [0.15, 0.2) is 11.9 Å². The average Bonchev–Trinajstić information content (AvgIpc) is 2.49. The molecule has 1 aliphatic rings. The highest BCUT2D eigenvalue weighted by molar-refractivity contribution is 6.02. The number of anilines is 1. The normalized spacial score (nSPS) is 16.8. The first-order valence-corrected chi connectivity index (χ1v) is 6.67. The second kappa shape index (κ2) is 6.28. The van der Waals surface area contributed by atoms with Crippen LogP contribution in [0, 0.1) is 0 Å². The molecule has 0 saturated heterocycles. The Balaban J connectivity index is 2.15. The maximum absolute atomic E-state index is 12.1. The lowest BCUT2D eigenvalue weighted by Crippen LogP contribution is -2.42. The standard InChI is InChI=1S/C14H16N4O3/c1-9-14(20)18(2)11-8-10(5-6-13(11)21-9)12(19)4-3-7-16-17-15/h5-6,8-9H,3-4,7H2,1-2H3. The highest BCUT2D eigenvalue weighted by Gasteiger charge is 2.29. The molecule has 1 aromatic carbocycles. The third kappa shape index (κ3) is 3.14. The summed E-state index contributed by atoms with van der Waals surface area (Å²) in [4.78, 5) is 28.1. The minimum absolute atomic E-state index is 0.0505. The van der Waals surface area contributed by atoms with Crippen molar-refractivity contribution in [1.82, 2.24) is 0 Å². The topological polar surface area (TPSA) is 95.4 Å². The Morgan fingerprint density at radius 2 is 2.29 bits per heavy atom. The Hall–Kier alpha value is -2.53. The van der Waals surface area contributed by atoms with Crippen molar-refractivity contribution in [2.75, 3.05) is 18.5 Å². The number of likely N-dealkylation sites (N-methyl/N-ethyl adjacent to an activating group) is 1. The highest BCUT2D eigenvalue weighted by atomic mass is 16.5. The molecule has 0 spiro atoms. The largest absolute Gasteiger partial charge is 0.479 e. The van der Waals surface area contributed by atoms with Crippen molar-refractivity contribution < 1.29 is 14.3 Å². The molecule has 0 N–H and O–H groups in total. The molecule has 0 radical (unpaired) electrons. The Kier molecular flexibility index (Phi) is 4.45. The summed E-state index contributed by atoms with van der Waals surface area (Å²) in [6.07, 6.45) is 0.280. The van der Waals surface area contributed by atoms with Gasteiger partial charge in [-0.05, 0) is 37.1 Å². The number of ketones is 1. The van der Waals surface area contributed by atoms with E-state index >= 15 is 0 Å². The Labute approximate surface area is 122 Å². The van der Waals surface area contributed by atoms with E-state index in [0.29, 0.717) is 36.4 Å². The van der Waals surface area contributed by atoms with Crippen molar-refractivity contribution in [2.24, 2.45) is 5.11 Å². The lowest BCUT2D eigenvalue weighted by atomic mass is 10.0. The van der Waals surface area contributed by atoms with E-state index in [2.05, 4.69) is 10.0 Å². The molecule has 7 nitrogen and oxygen atoms in total. The number of fused-ring (bicyclic) bond motifs is 1. The molecule has 1 heterocycles. The minimum Gasteiger partial charge on any atom is -0.479 e. The molecule has 2 rings (SSSR count). The van der Waals surface area contributed by atoms with Crippen molar-refractivity contribution in [3.8, 4) is 5.75 Å². The smallest absolute Gasteiger partial charge is 0.267 e. The van der Waals surface area contributed by atoms with E-state index < -0.39 is 6.10 Å². The summed E-state index contributed by atoms with van der Waals surface area (Å²) in [6.45, 7) is 1.99. The van der Waals surface area contributed by atoms with E-state index in [1.807, 2.05) is 0 Å². The molecule has 0 fully saturated rings. The SMILES string of the molecule is CC1Oc2ccc(C(=O)CCCN=[N+]=[N-])cc2N(C)C1=O. The number of hydrogen-bond acceptors (Lipinski definition) is 4. The number of azide groups is 1. The van der Waals surface area contributed by atoms with Gasteiger partial charge in [0.25, 0.3) is 5.91 Å².